The van der Waals surface area contributed by atoms with Crippen LogP contribution >= 0.6 is 0 Å². The van der Waals surface area contributed by atoms with Crippen LogP contribution < -0.4 is 11.5 Å². The van der Waals surface area contributed by atoms with Gasteiger partial charge in [0.2, 0.25) is 6.29 Å². The van der Waals surface area contributed by atoms with Gasteiger partial charge < -0.3 is 31.2 Å². The molecule has 0 rings (SSSR count). The van der Waals surface area contributed by atoms with E-state index in [0.717, 1.165) is 0 Å². The number of primary amides is 2. The van der Waals surface area contributed by atoms with Crippen molar-refractivity contribution in [1.82, 2.24) is 0 Å². The van der Waals surface area contributed by atoms with Crippen molar-refractivity contribution in [1.29, 1.82) is 0 Å². The van der Waals surface area contributed by atoms with Crippen LogP contribution in [0.4, 0.5) is 4.79 Å². The van der Waals surface area contributed by atoms with Crippen molar-refractivity contribution in [3.63, 3.8) is 0 Å². The molecule has 0 saturated heterocycles. The zero-order valence-corrected chi connectivity index (χ0v) is 7.43. The summed E-state index contributed by atoms with van der Waals surface area (Å²) in [6.45, 7) is 0. The van der Waals surface area contributed by atoms with E-state index in [4.69, 9.17) is 15.0 Å². The summed E-state index contributed by atoms with van der Waals surface area (Å²) < 4.78 is 9.10. The number of aliphatic hydroxyl groups excluding tert-OH is 2. The fourth-order valence-corrected chi connectivity index (χ4v) is 0.399. The highest BCUT2D eigenvalue weighted by molar-refractivity contribution is 5.69. The standard InChI is InChI=1S/C5H10O4.CH4N2O/c1-8-5(9-2)4(7)3-6;2-1(3)4/h3,5-7H,1-2H3;(H4,2,3,4)/b4-3-;. The zero-order chi connectivity index (χ0) is 10.9. The fraction of sp³-hybridized carbons (Fsp3) is 0.500. The summed E-state index contributed by atoms with van der Waals surface area (Å²) in [7, 11) is 2.71. The molecule has 0 saturated carbocycles. The largest absolute Gasteiger partial charge is 0.512 e. The van der Waals surface area contributed by atoms with E-state index in [-0.39, 0.29) is 5.76 Å². The number of ether oxygens (including phenoxy) is 2. The lowest BCUT2D eigenvalue weighted by molar-refractivity contribution is -0.0980. The molecule has 7 nitrogen and oxygen atoms in total. The van der Waals surface area contributed by atoms with E-state index in [1.165, 1.54) is 14.2 Å². The van der Waals surface area contributed by atoms with E-state index >= 15 is 0 Å². The van der Waals surface area contributed by atoms with Crippen LogP contribution in [0.25, 0.3) is 0 Å². The summed E-state index contributed by atoms with van der Waals surface area (Å²) in [5.41, 5.74) is 8.50. The molecule has 0 atom stereocenters. The minimum absolute atomic E-state index is 0.347. The van der Waals surface area contributed by atoms with Gasteiger partial charge in [0.25, 0.3) is 0 Å². The van der Waals surface area contributed by atoms with Gasteiger partial charge in [0.15, 0.2) is 5.76 Å². The highest BCUT2D eigenvalue weighted by Gasteiger charge is 2.09. The minimum Gasteiger partial charge on any atom is -0.512 e. The molecular formula is C6H14N2O5. The third kappa shape index (κ3) is 10.5. The molecule has 0 aromatic heterocycles. The Labute approximate surface area is 75.5 Å². The Morgan fingerprint density at radius 2 is 1.69 bits per heavy atom. The topological polar surface area (TPSA) is 128 Å². The van der Waals surface area contributed by atoms with Gasteiger partial charge in [-0.1, -0.05) is 0 Å². The molecule has 0 bridgehead atoms. The van der Waals surface area contributed by atoms with E-state index in [9.17, 15) is 0 Å². The first-order valence-electron chi connectivity index (χ1n) is 3.13. The highest BCUT2D eigenvalue weighted by Crippen LogP contribution is 2.00. The van der Waals surface area contributed by atoms with Crippen LogP contribution in [-0.4, -0.2) is 36.8 Å². The van der Waals surface area contributed by atoms with E-state index in [2.05, 4.69) is 20.9 Å². The molecule has 13 heavy (non-hydrogen) atoms. The number of nitrogens with two attached hydrogens (primary N) is 2. The number of hydrogen-bond acceptors (Lipinski definition) is 5. The van der Waals surface area contributed by atoms with Gasteiger partial charge in [-0.25, -0.2) is 4.79 Å². The first kappa shape index (κ1) is 14.1. The average Bonchev–Trinajstić information content (AvgIpc) is 2.05. The second-order valence-electron chi connectivity index (χ2n) is 1.76. The molecule has 78 valence electrons. The van der Waals surface area contributed by atoms with Gasteiger partial charge in [-0.2, -0.15) is 0 Å². The Hall–Kier alpha value is -1.47. The number of carbonyl (C=O) groups excluding carboxylic acids is 1. The third-order valence-corrected chi connectivity index (χ3v) is 0.802. The van der Waals surface area contributed by atoms with Gasteiger partial charge in [0.05, 0.1) is 0 Å². The lowest BCUT2D eigenvalue weighted by atomic mass is 10.5. The Kier molecular flexibility index (Phi) is 9.34. The van der Waals surface area contributed by atoms with E-state index < -0.39 is 12.3 Å². The molecule has 0 unspecified atom stereocenters. The first-order chi connectivity index (χ1) is 5.99. The van der Waals surface area contributed by atoms with Crippen molar-refractivity contribution in [3.8, 4) is 0 Å². The van der Waals surface area contributed by atoms with Crippen molar-refractivity contribution in [2.75, 3.05) is 14.2 Å². The predicted octanol–water partition coefficient (Wildman–Crippen LogP) is -0.413. The molecular weight excluding hydrogens is 180 g/mol. The summed E-state index contributed by atoms with van der Waals surface area (Å²) in [5, 5.41) is 16.9. The van der Waals surface area contributed by atoms with E-state index in [1.54, 1.807) is 0 Å². The molecule has 0 aromatic rings. The fourth-order valence-electron chi connectivity index (χ4n) is 0.399. The van der Waals surface area contributed by atoms with Gasteiger partial charge in [0.1, 0.15) is 6.26 Å². The molecule has 0 radical (unpaired) electrons. The Balaban J connectivity index is 0. The van der Waals surface area contributed by atoms with E-state index in [1.807, 2.05) is 0 Å². The van der Waals surface area contributed by atoms with Crippen molar-refractivity contribution in [2.45, 2.75) is 6.29 Å². The number of methoxy groups -OCH3 is 2. The van der Waals surface area contributed by atoms with Crippen molar-refractivity contribution < 1.29 is 24.5 Å². The zero-order valence-electron chi connectivity index (χ0n) is 7.43. The molecule has 2 amide bonds. The number of amides is 2. The number of urea groups is 1. The second kappa shape index (κ2) is 8.62. The van der Waals surface area contributed by atoms with Crippen LogP contribution in [0.1, 0.15) is 0 Å². The van der Waals surface area contributed by atoms with Crippen LogP contribution in [0.15, 0.2) is 12.0 Å². The van der Waals surface area contributed by atoms with Crippen molar-refractivity contribution in [3.05, 3.63) is 12.0 Å². The summed E-state index contributed by atoms with van der Waals surface area (Å²) in [6, 6.07) is -0.833. The smallest absolute Gasteiger partial charge is 0.309 e. The maximum absolute atomic E-state index is 9.00. The average molecular weight is 194 g/mol. The normalized spacial score (nSPS) is 10.5. The second-order valence-corrected chi connectivity index (χ2v) is 1.76. The molecule has 7 heteroatoms. The van der Waals surface area contributed by atoms with Crippen LogP contribution in [0.3, 0.4) is 0 Å². The summed E-state index contributed by atoms with van der Waals surface area (Å²) in [5.74, 6) is -0.347. The lowest BCUT2D eigenvalue weighted by Gasteiger charge is -2.09. The lowest BCUT2D eigenvalue weighted by Crippen LogP contribution is -2.18. The van der Waals surface area contributed by atoms with E-state index in [0.29, 0.717) is 6.26 Å². The van der Waals surface area contributed by atoms with Crippen LogP contribution in [0, 0.1) is 0 Å². The summed E-state index contributed by atoms with van der Waals surface area (Å²) in [4.78, 5) is 9.00. The SMILES string of the molecule is COC(OC)/C(O)=C/O.NC(N)=O. The van der Waals surface area contributed by atoms with Crippen LogP contribution in [-0.2, 0) is 9.47 Å². The number of carbonyl (C=O) groups is 1. The molecule has 0 fully saturated rings. The van der Waals surface area contributed by atoms with Gasteiger partial charge in [-0.15, -0.1) is 0 Å². The molecule has 0 aliphatic heterocycles. The van der Waals surface area contributed by atoms with Crippen LogP contribution in [0.2, 0.25) is 0 Å². The maximum Gasteiger partial charge on any atom is 0.309 e. The van der Waals surface area contributed by atoms with Crippen molar-refractivity contribution in [2.24, 2.45) is 11.5 Å². The molecule has 0 heterocycles. The summed E-state index contributed by atoms with van der Waals surface area (Å²) in [6.07, 6.45) is -0.340. The quantitative estimate of drug-likeness (QED) is 0.358. The minimum atomic E-state index is -0.866. The van der Waals surface area contributed by atoms with Crippen LogP contribution in [0.5, 0.6) is 0 Å². The molecule has 0 aliphatic rings. The molecule has 0 spiro atoms. The number of hydrogen-bond donors (Lipinski definition) is 4. The van der Waals surface area contributed by atoms with Gasteiger partial charge in [-0.3, -0.25) is 0 Å². The summed E-state index contributed by atoms with van der Waals surface area (Å²) >= 11 is 0. The number of aliphatic hydroxyl groups is 2. The number of rotatable bonds is 3. The van der Waals surface area contributed by atoms with Gasteiger partial charge >= 0.3 is 6.03 Å². The van der Waals surface area contributed by atoms with Gasteiger partial charge in [0, 0.05) is 14.2 Å². The predicted molar refractivity (Wildman–Crippen MR) is 44.9 cm³/mol. The molecule has 6 N–H and O–H groups in total. The van der Waals surface area contributed by atoms with Crippen molar-refractivity contribution >= 4 is 6.03 Å². The maximum atomic E-state index is 9.00. The molecule has 0 aromatic carbocycles. The highest BCUT2D eigenvalue weighted by atomic mass is 16.7. The monoisotopic (exact) mass is 194 g/mol. The Bertz CT molecular complexity index is 162. The third-order valence-electron chi connectivity index (χ3n) is 0.802. The Morgan fingerprint density at radius 3 is 1.77 bits per heavy atom. The van der Waals surface area contributed by atoms with Gasteiger partial charge in [-0.05, 0) is 0 Å². The Morgan fingerprint density at radius 1 is 1.38 bits per heavy atom. The first-order valence-corrected chi connectivity index (χ1v) is 3.13. The molecule has 0 aliphatic carbocycles.